The van der Waals surface area contributed by atoms with Crippen molar-refractivity contribution in [1.82, 2.24) is 0 Å². The quantitative estimate of drug-likeness (QED) is 0.0146. The van der Waals surface area contributed by atoms with Gasteiger partial charge >= 0.3 is 33.6 Å². The van der Waals surface area contributed by atoms with Gasteiger partial charge in [-0.2, -0.15) is 0 Å². The number of aliphatic hydroxyl groups excluding tert-OH is 2. The van der Waals surface area contributed by atoms with Crippen LogP contribution in [0.4, 0.5) is 0 Å². The van der Waals surface area contributed by atoms with Gasteiger partial charge in [0.2, 0.25) is 0 Å². The van der Waals surface area contributed by atoms with E-state index in [1.165, 1.54) is 38.5 Å². The third kappa shape index (κ3) is 63.6. The van der Waals surface area contributed by atoms with E-state index in [2.05, 4.69) is 130 Å². The van der Waals surface area contributed by atoms with Gasteiger partial charge in [0.15, 0.2) is 6.10 Å². The summed E-state index contributed by atoms with van der Waals surface area (Å²) in [4.78, 5) is 58.2. The number of allylic oxidation sites excluding steroid dienone is 18. The number of unbranched alkanes of at least 4 members (excludes halogenated alkanes) is 21. The summed E-state index contributed by atoms with van der Waals surface area (Å²) < 4.78 is 60.7. The number of phosphoric ester groups is 2. The lowest BCUT2D eigenvalue weighted by Gasteiger charge is -2.21. The molecule has 0 radical (unpaired) electrons. The molecule has 5 atom stereocenters. The molecule has 0 heterocycles. The van der Waals surface area contributed by atoms with Crippen LogP contribution in [-0.4, -0.2) is 95.9 Å². The Labute approximate surface area is 526 Å². The number of phosphoric acid groups is 2. The van der Waals surface area contributed by atoms with Crippen molar-refractivity contribution in [2.24, 2.45) is 0 Å². The molecule has 500 valence electrons. The van der Waals surface area contributed by atoms with Crippen molar-refractivity contribution in [3.63, 3.8) is 0 Å². The number of ether oxygens (including phenoxy) is 3. The summed E-state index contributed by atoms with van der Waals surface area (Å²) in [5.41, 5.74) is 0. The summed E-state index contributed by atoms with van der Waals surface area (Å²) in [6.07, 6.45) is 68.7. The molecule has 4 N–H and O–H groups in total. The third-order valence-electron chi connectivity index (χ3n) is 13.5. The molecule has 0 saturated heterocycles. The van der Waals surface area contributed by atoms with Crippen LogP contribution in [0.15, 0.2) is 109 Å². The molecule has 0 aliphatic rings. The van der Waals surface area contributed by atoms with Gasteiger partial charge in [0.1, 0.15) is 25.4 Å². The van der Waals surface area contributed by atoms with Crippen LogP contribution in [0.2, 0.25) is 0 Å². The van der Waals surface area contributed by atoms with Crippen molar-refractivity contribution in [3.8, 4) is 0 Å². The Bertz CT molecular complexity index is 2030. The Morgan fingerprint density at radius 1 is 0.333 bits per heavy atom. The highest BCUT2D eigenvalue weighted by Gasteiger charge is 2.29. The van der Waals surface area contributed by atoms with Gasteiger partial charge in [-0.1, -0.05) is 226 Å². The molecule has 0 aromatic heterocycles. The van der Waals surface area contributed by atoms with Gasteiger partial charge in [-0.05, 0) is 116 Å². The predicted molar refractivity (Wildman–Crippen MR) is 353 cm³/mol. The van der Waals surface area contributed by atoms with Crippen LogP contribution >= 0.6 is 15.6 Å². The molecule has 5 unspecified atom stereocenters. The molecule has 87 heavy (non-hydrogen) atoms. The summed E-state index contributed by atoms with van der Waals surface area (Å²) in [7, 11) is -9.78. The van der Waals surface area contributed by atoms with E-state index in [1.807, 2.05) is 0 Å². The van der Waals surface area contributed by atoms with Crippen molar-refractivity contribution >= 4 is 33.6 Å². The lowest BCUT2D eigenvalue weighted by molar-refractivity contribution is -0.161. The third-order valence-corrected chi connectivity index (χ3v) is 15.4. The van der Waals surface area contributed by atoms with Crippen molar-refractivity contribution in [1.29, 1.82) is 0 Å². The molecule has 0 aromatic rings. The SMILES string of the molecule is CC/C=C\C/C=C\C/C=C\C/C=C\C/C=C\CCCCCCCCCCCC(=O)OCC(O)COP(=O)(O)OCC(O)COP(=O)(O)OCC(COC(=O)CCCCCCC/C=C\C/C=C\C/C=C\CC)OC(=O)CCCCCCC/C=C\CCCC. The molecule has 0 saturated carbocycles. The number of aliphatic hydroxyl groups is 2. The Balaban J connectivity index is 4.51. The molecule has 0 fully saturated rings. The molecule has 0 aliphatic carbocycles. The van der Waals surface area contributed by atoms with Crippen LogP contribution in [0, 0.1) is 0 Å². The largest absolute Gasteiger partial charge is 0.472 e. The minimum absolute atomic E-state index is 0.0888. The van der Waals surface area contributed by atoms with Gasteiger partial charge < -0.3 is 34.2 Å². The normalized spacial score (nSPS) is 15.0. The second kappa shape index (κ2) is 62.4. The zero-order valence-corrected chi connectivity index (χ0v) is 55.7. The average molecular weight is 1270 g/mol. The second-order valence-corrected chi connectivity index (χ2v) is 24.8. The van der Waals surface area contributed by atoms with Gasteiger partial charge in [0, 0.05) is 19.3 Å². The van der Waals surface area contributed by atoms with Crippen LogP contribution in [0.3, 0.4) is 0 Å². The summed E-state index contributed by atoms with van der Waals surface area (Å²) in [6.45, 7) is 2.34. The first-order valence-corrected chi connectivity index (χ1v) is 36.2. The lowest BCUT2D eigenvalue weighted by Crippen LogP contribution is -2.30. The molecule has 18 heteroatoms. The smallest absolute Gasteiger partial charge is 0.463 e. The fraction of sp³-hybridized carbons (Fsp3) is 0.696. The zero-order valence-electron chi connectivity index (χ0n) is 53.9. The molecule has 0 bridgehead atoms. The van der Waals surface area contributed by atoms with Crippen molar-refractivity contribution in [3.05, 3.63) is 109 Å². The molecular weight excluding hydrogens is 1150 g/mol. The summed E-state index contributed by atoms with van der Waals surface area (Å²) in [5.74, 6) is -1.61. The number of rotatable bonds is 62. The van der Waals surface area contributed by atoms with Crippen molar-refractivity contribution in [2.75, 3.05) is 39.6 Å². The van der Waals surface area contributed by atoms with E-state index in [-0.39, 0.29) is 19.3 Å². The van der Waals surface area contributed by atoms with Crippen LogP contribution in [0.1, 0.15) is 252 Å². The maximum Gasteiger partial charge on any atom is 0.472 e. The highest BCUT2D eigenvalue weighted by Crippen LogP contribution is 2.45. The molecule has 0 spiro atoms. The molecule has 0 rings (SSSR count). The minimum Gasteiger partial charge on any atom is -0.463 e. The Hall–Kier alpha value is -3.79. The van der Waals surface area contributed by atoms with E-state index in [9.17, 15) is 43.5 Å². The lowest BCUT2D eigenvalue weighted by atomic mass is 10.1. The average Bonchev–Trinajstić information content (AvgIpc) is 3.56. The van der Waals surface area contributed by atoms with Crippen LogP contribution in [0.5, 0.6) is 0 Å². The zero-order chi connectivity index (χ0) is 63.8. The first kappa shape index (κ1) is 83.2. The topological polar surface area (TPSA) is 231 Å². The highest BCUT2D eigenvalue weighted by atomic mass is 31.2. The molecular formula is C69H118O16P2. The summed E-state index contributed by atoms with van der Waals surface area (Å²) in [5, 5.41) is 20.5. The number of hydrogen-bond donors (Lipinski definition) is 4. The van der Waals surface area contributed by atoms with E-state index in [0.717, 1.165) is 154 Å². The number of carbonyl (C=O) groups excluding carboxylic acids is 3. The predicted octanol–water partition coefficient (Wildman–Crippen LogP) is 18.1. The molecule has 0 aromatic carbocycles. The van der Waals surface area contributed by atoms with E-state index in [0.29, 0.717) is 19.3 Å². The number of esters is 3. The van der Waals surface area contributed by atoms with Gasteiger partial charge in [-0.3, -0.25) is 32.5 Å². The van der Waals surface area contributed by atoms with Crippen molar-refractivity contribution < 1.29 is 75.8 Å². The van der Waals surface area contributed by atoms with Gasteiger partial charge in [0.05, 0.1) is 26.4 Å². The van der Waals surface area contributed by atoms with E-state index in [4.69, 9.17) is 32.3 Å². The second-order valence-electron chi connectivity index (χ2n) is 21.9. The highest BCUT2D eigenvalue weighted by molar-refractivity contribution is 7.47. The van der Waals surface area contributed by atoms with Crippen LogP contribution < -0.4 is 0 Å². The van der Waals surface area contributed by atoms with Crippen LogP contribution in [0.25, 0.3) is 0 Å². The van der Waals surface area contributed by atoms with Crippen LogP contribution in [-0.2, 0) is 55.8 Å². The summed E-state index contributed by atoms with van der Waals surface area (Å²) >= 11 is 0. The Morgan fingerprint density at radius 2 is 0.609 bits per heavy atom. The first-order valence-electron chi connectivity index (χ1n) is 33.2. The van der Waals surface area contributed by atoms with E-state index >= 15 is 0 Å². The standard InChI is InChI=1S/C69H118O16P2/c1-4-7-10-13-16-19-22-24-26-27-28-29-30-31-32-33-34-35-37-39-41-43-46-49-52-55-67(72)79-58-64(70)59-81-86(75,76)82-60-65(71)61-83-87(77,78)84-63-66(85-69(74)57-54-51-48-45-40-21-18-15-12-9-6-3)62-80-68(73)56-53-50-47-44-42-38-36-25-23-20-17-14-11-8-5-2/h7-8,10-11,15-20,24-26,28-29,31-32,36,64-66,70-71H,4-6,9,12-14,21-23,27,30,33-35,37-63H2,1-3H3,(H,75,76)(H,77,78)/b10-7-,11-8-,18-15-,19-16-,20-17-,26-24-,29-28-,32-31-,36-25-. The molecule has 0 aliphatic heterocycles. The molecule has 0 amide bonds. The Kier molecular flexibility index (Phi) is 59.7. The summed E-state index contributed by atoms with van der Waals surface area (Å²) in [6, 6.07) is 0. The maximum atomic E-state index is 12.8. The monoisotopic (exact) mass is 1260 g/mol. The fourth-order valence-electron chi connectivity index (χ4n) is 8.41. The minimum atomic E-state index is -4.92. The maximum absolute atomic E-state index is 12.8. The van der Waals surface area contributed by atoms with Gasteiger partial charge in [-0.15, -0.1) is 0 Å². The van der Waals surface area contributed by atoms with Gasteiger partial charge in [-0.25, -0.2) is 9.13 Å². The molecule has 16 nitrogen and oxygen atoms in total. The fourth-order valence-corrected chi connectivity index (χ4v) is 10.00. The number of carbonyl (C=O) groups is 3. The van der Waals surface area contributed by atoms with E-state index in [1.54, 1.807) is 0 Å². The van der Waals surface area contributed by atoms with E-state index < -0.39 is 91.5 Å². The number of hydrogen-bond acceptors (Lipinski definition) is 14. The first-order chi connectivity index (χ1) is 42.2. The van der Waals surface area contributed by atoms with Crippen molar-refractivity contribution in [2.45, 2.75) is 270 Å². The Morgan fingerprint density at radius 3 is 0.977 bits per heavy atom. The van der Waals surface area contributed by atoms with Gasteiger partial charge in [0.25, 0.3) is 0 Å².